The zero-order chi connectivity index (χ0) is 34.5. The average molecular weight is 698 g/mol. The summed E-state index contributed by atoms with van der Waals surface area (Å²) in [6.45, 7) is 6.21. The van der Waals surface area contributed by atoms with E-state index in [1.54, 1.807) is 25.5 Å². The number of aliphatic hydroxyl groups is 1. The Hall–Kier alpha value is -4.43. The van der Waals surface area contributed by atoms with Crippen molar-refractivity contribution in [1.29, 1.82) is 0 Å². The van der Waals surface area contributed by atoms with Gasteiger partial charge in [0.05, 0.1) is 49.6 Å². The van der Waals surface area contributed by atoms with Crippen LogP contribution in [0.1, 0.15) is 42.2 Å². The highest BCUT2D eigenvalue weighted by atomic mass is 32.1. The molecule has 0 unspecified atom stereocenters. The third-order valence-corrected chi connectivity index (χ3v) is 11.7. The molecule has 8 rings (SSSR count). The molecule has 6 heterocycles. The standard InChI is InChI=1S/C37H40FN7O4S/c1-3-24-18-43(26-20-49-21-26)10-11-44(24)25-8-9-34(39-15-25)41-31-12-22(17-42(2)36(31)47)28-13-23(38)14-32(30(28)19-46)45-37(48)35-29(16-40-45)27-6-4-5-7-33(27)50-35/h8-9,12-17,24,26,46H,3-7,10-11,18-21H2,1-2H3,(H,39,41)/t24-/m0/s1. The zero-order valence-electron chi connectivity index (χ0n) is 28.2. The molecule has 0 bridgehead atoms. The number of halogens is 1. The summed E-state index contributed by atoms with van der Waals surface area (Å²) in [6.07, 6.45) is 10.1. The number of hydrogen-bond donors (Lipinski definition) is 2. The third-order valence-electron chi connectivity index (χ3n) is 10.4. The van der Waals surface area contributed by atoms with Crippen molar-refractivity contribution in [3.8, 4) is 16.8 Å². The molecule has 2 saturated heterocycles. The van der Waals surface area contributed by atoms with Crippen molar-refractivity contribution in [3.63, 3.8) is 0 Å². The van der Waals surface area contributed by atoms with E-state index >= 15 is 4.39 Å². The first-order chi connectivity index (χ1) is 24.3. The molecule has 5 aromatic rings. The predicted molar refractivity (Wildman–Crippen MR) is 194 cm³/mol. The Morgan fingerprint density at radius 2 is 1.92 bits per heavy atom. The number of hydrogen-bond acceptors (Lipinski definition) is 10. The highest BCUT2D eigenvalue weighted by molar-refractivity contribution is 7.19. The monoisotopic (exact) mass is 697 g/mol. The summed E-state index contributed by atoms with van der Waals surface area (Å²) in [5.41, 5.74) is 3.13. The maximum absolute atomic E-state index is 15.4. The van der Waals surface area contributed by atoms with E-state index in [2.05, 4.69) is 32.1 Å². The normalized spacial score (nSPS) is 18.3. The number of aryl methyl sites for hydroxylation is 3. The van der Waals surface area contributed by atoms with E-state index in [0.717, 1.165) is 76.0 Å². The van der Waals surface area contributed by atoms with Crippen LogP contribution in [0.2, 0.25) is 0 Å². The van der Waals surface area contributed by atoms with E-state index in [9.17, 15) is 14.7 Å². The molecular formula is C37H40FN7O4S. The molecule has 0 amide bonds. The zero-order valence-corrected chi connectivity index (χ0v) is 29.0. The molecule has 11 nitrogen and oxygen atoms in total. The second-order valence-electron chi connectivity index (χ2n) is 13.5. The van der Waals surface area contributed by atoms with Gasteiger partial charge in [0.15, 0.2) is 0 Å². The van der Waals surface area contributed by atoms with Crippen LogP contribution in [0.4, 0.5) is 21.6 Å². The molecular weight excluding hydrogens is 658 g/mol. The lowest BCUT2D eigenvalue weighted by Gasteiger charge is -2.47. The molecule has 3 aliphatic rings. The summed E-state index contributed by atoms with van der Waals surface area (Å²) in [5.74, 6) is -0.106. The summed E-state index contributed by atoms with van der Waals surface area (Å²) >= 11 is 1.48. The van der Waals surface area contributed by atoms with Crippen molar-refractivity contribution in [3.05, 3.63) is 91.5 Å². The van der Waals surface area contributed by atoms with Crippen LogP contribution in [0.5, 0.6) is 0 Å². The summed E-state index contributed by atoms with van der Waals surface area (Å²) in [6, 6.07) is 8.91. The number of aromatic nitrogens is 4. The van der Waals surface area contributed by atoms with Gasteiger partial charge in [0.25, 0.3) is 11.1 Å². The Kier molecular flexibility index (Phi) is 8.75. The van der Waals surface area contributed by atoms with Crippen LogP contribution in [-0.2, 0) is 31.2 Å². The fourth-order valence-corrected chi connectivity index (χ4v) is 8.90. The molecule has 1 atom stereocenters. The highest BCUT2D eigenvalue weighted by Gasteiger charge is 2.33. The first-order valence-corrected chi connectivity index (χ1v) is 18.1. The fourth-order valence-electron chi connectivity index (χ4n) is 7.61. The molecule has 1 aromatic carbocycles. The minimum atomic E-state index is -0.598. The van der Waals surface area contributed by atoms with Crippen LogP contribution >= 0.6 is 11.3 Å². The molecule has 260 valence electrons. The van der Waals surface area contributed by atoms with E-state index in [0.29, 0.717) is 39.3 Å². The number of benzene rings is 1. The topological polar surface area (TPSA) is 118 Å². The Morgan fingerprint density at radius 1 is 1.08 bits per heavy atom. The van der Waals surface area contributed by atoms with E-state index in [1.165, 1.54) is 43.2 Å². The molecule has 2 aliphatic heterocycles. The number of ether oxygens (including phenoxy) is 1. The van der Waals surface area contributed by atoms with Gasteiger partial charge in [0.1, 0.15) is 22.0 Å². The number of fused-ring (bicyclic) bond motifs is 3. The first-order valence-electron chi connectivity index (χ1n) is 17.3. The van der Waals surface area contributed by atoms with E-state index in [1.807, 2.05) is 18.3 Å². The Balaban J connectivity index is 1.10. The van der Waals surface area contributed by atoms with Crippen LogP contribution in [0.15, 0.2) is 58.5 Å². The molecule has 50 heavy (non-hydrogen) atoms. The van der Waals surface area contributed by atoms with Crippen molar-refractivity contribution in [2.75, 3.05) is 43.1 Å². The van der Waals surface area contributed by atoms with Crippen molar-refractivity contribution < 1.29 is 14.2 Å². The second-order valence-corrected chi connectivity index (χ2v) is 14.6. The summed E-state index contributed by atoms with van der Waals surface area (Å²) in [7, 11) is 1.62. The smallest absolute Gasteiger partial charge is 0.289 e. The minimum absolute atomic E-state index is 0.161. The average Bonchev–Trinajstić information content (AvgIpc) is 3.49. The van der Waals surface area contributed by atoms with Crippen molar-refractivity contribution >= 4 is 38.6 Å². The van der Waals surface area contributed by atoms with Gasteiger partial charge in [-0.15, -0.1) is 11.3 Å². The van der Waals surface area contributed by atoms with Gasteiger partial charge in [0.2, 0.25) is 0 Å². The van der Waals surface area contributed by atoms with Crippen LogP contribution < -0.4 is 21.3 Å². The van der Waals surface area contributed by atoms with Gasteiger partial charge in [-0.1, -0.05) is 6.92 Å². The van der Waals surface area contributed by atoms with Gasteiger partial charge < -0.3 is 24.6 Å². The lowest BCUT2D eigenvalue weighted by molar-refractivity contribution is -0.0698. The van der Waals surface area contributed by atoms with Gasteiger partial charge in [-0.05, 0) is 67.5 Å². The van der Waals surface area contributed by atoms with E-state index in [4.69, 9.17) is 4.74 Å². The number of anilines is 3. The van der Waals surface area contributed by atoms with E-state index < -0.39 is 12.4 Å². The molecule has 2 N–H and O–H groups in total. The number of pyridine rings is 2. The molecule has 0 spiro atoms. The minimum Gasteiger partial charge on any atom is -0.392 e. The summed E-state index contributed by atoms with van der Waals surface area (Å²) in [4.78, 5) is 37.9. The maximum Gasteiger partial charge on any atom is 0.289 e. The SMILES string of the molecule is CC[C@H]1CN(C2COC2)CCN1c1ccc(Nc2cc(-c3cc(F)cc(-n4ncc5c6c(sc5c4=O)CCCC6)c3CO)cn(C)c2=O)nc1. The Labute approximate surface area is 292 Å². The lowest BCUT2D eigenvalue weighted by Crippen LogP contribution is -2.60. The van der Waals surface area contributed by atoms with Gasteiger partial charge in [-0.2, -0.15) is 9.78 Å². The molecule has 2 fully saturated rings. The van der Waals surface area contributed by atoms with Crippen molar-refractivity contribution in [1.82, 2.24) is 24.2 Å². The lowest BCUT2D eigenvalue weighted by atomic mass is 9.97. The number of rotatable bonds is 8. The largest absolute Gasteiger partial charge is 0.392 e. The summed E-state index contributed by atoms with van der Waals surface area (Å²) in [5, 5.41) is 19.1. The van der Waals surface area contributed by atoms with Crippen molar-refractivity contribution in [2.24, 2.45) is 7.05 Å². The van der Waals surface area contributed by atoms with Gasteiger partial charge in [-0.3, -0.25) is 14.5 Å². The Morgan fingerprint density at radius 3 is 2.66 bits per heavy atom. The van der Waals surface area contributed by atoms with Crippen LogP contribution in [0, 0.1) is 5.82 Å². The number of nitrogens with one attached hydrogen (secondary N) is 1. The first kappa shape index (κ1) is 32.8. The van der Waals surface area contributed by atoms with Crippen LogP contribution in [-0.4, -0.2) is 74.3 Å². The van der Waals surface area contributed by atoms with E-state index in [-0.39, 0.29) is 22.5 Å². The second kappa shape index (κ2) is 13.4. The maximum atomic E-state index is 15.4. The third kappa shape index (κ3) is 5.81. The molecule has 4 aromatic heterocycles. The van der Waals surface area contributed by atoms with Crippen LogP contribution in [0.25, 0.3) is 26.9 Å². The summed E-state index contributed by atoms with van der Waals surface area (Å²) < 4.78 is 24.0. The number of aliphatic hydroxyl groups excluding tert-OH is 1. The molecule has 13 heteroatoms. The van der Waals surface area contributed by atoms with Crippen LogP contribution in [0.3, 0.4) is 0 Å². The van der Waals surface area contributed by atoms with Gasteiger partial charge >= 0.3 is 0 Å². The molecule has 0 saturated carbocycles. The molecule has 0 radical (unpaired) electrons. The van der Waals surface area contributed by atoms with Gasteiger partial charge in [0, 0.05) is 66.4 Å². The quantitative estimate of drug-likeness (QED) is 0.237. The number of thiophene rings is 1. The predicted octanol–water partition coefficient (Wildman–Crippen LogP) is 4.76. The highest BCUT2D eigenvalue weighted by Crippen LogP contribution is 2.36. The number of piperazine rings is 1. The van der Waals surface area contributed by atoms with Gasteiger partial charge in [-0.25, -0.2) is 9.37 Å². The Bertz CT molecular complexity index is 2190. The van der Waals surface area contributed by atoms with Crippen molar-refractivity contribution in [2.45, 2.75) is 57.7 Å². The number of nitrogens with zero attached hydrogens (tertiary/aromatic N) is 6. The fraction of sp³-hybridized carbons (Fsp3) is 0.405. The molecule has 1 aliphatic carbocycles.